The Labute approximate surface area is 314 Å². The molecule has 2 aliphatic rings. The van der Waals surface area contributed by atoms with E-state index in [0.29, 0.717) is 66.0 Å². The number of carbonyl (C=O) groups is 2. The third-order valence-electron chi connectivity index (χ3n) is 9.18. The van der Waals surface area contributed by atoms with E-state index < -0.39 is 0 Å². The Morgan fingerprint density at radius 2 is 1.81 bits per heavy atom. The number of aromatic nitrogens is 2. The largest absolute Gasteiger partial charge is 0.479 e. The Hall–Kier alpha value is -4.27. The first kappa shape index (κ1) is 38.5. The molecule has 0 aliphatic carbocycles. The van der Waals surface area contributed by atoms with Crippen LogP contribution in [0.2, 0.25) is 0 Å². The molecule has 0 radical (unpaired) electrons. The maximum absolute atomic E-state index is 13.9. The van der Waals surface area contributed by atoms with Crippen molar-refractivity contribution >= 4 is 34.7 Å². The number of nitrogens with one attached hydrogen (secondary N) is 1. The molecule has 2 aliphatic heterocycles. The van der Waals surface area contributed by atoms with Gasteiger partial charge >= 0.3 is 5.97 Å². The second kappa shape index (κ2) is 19.2. The molecule has 4 aromatic rings. The lowest BCUT2D eigenvalue weighted by Gasteiger charge is -2.31. The molecule has 1 atom stereocenters. The van der Waals surface area contributed by atoms with Crippen LogP contribution in [0.4, 0.5) is 0 Å². The number of ether oxygens (including phenoxy) is 6. The van der Waals surface area contributed by atoms with E-state index in [1.54, 1.807) is 26.0 Å². The zero-order chi connectivity index (χ0) is 37.0. The van der Waals surface area contributed by atoms with Crippen LogP contribution in [0.3, 0.4) is 0 Å². The number of methoxy groups -OCH3 is 2. The zero-order valence-corrected chi connectivity index (χ0v) is 31.5. The topological polar surface area (TPSA) is 131 Å². The van der Waals surface area contributed by atoms with Gasteiger partial charge in [-0.2, -0.15) is 0 Å². The van der Waals surface area contributed by atoms with E-state index in [-0.39, 0.29) is 31.1 Å². The number of thioether (sulfide) groups is 1. The van der Waals surface area contributed by atoms with E-state index >= 15 is 0 Å². The Morgan fingerprint density at radius 3 is 2.55 bits per heavy atom. The average molecular weight is 745 g/mol. The molecule has 1 amide bonds. The lowest BCUT2D eigenvalue weighted by Crippen LogP contribution is -2.41. The van der Waals surface area contributed by atoms with Crippen molar-refractivity contribution in [2.24, 2.45) is 0 Å². The van der Waals surface area contributed by atoms with Gasteiger partial charge in [0.2, 0.25) is 5.88 Å². The molecular weight excluding hydrogens is 697 g/mol. The van der Waals surface area contributed by atoms with E-state index in [9.17, 15) is 9.59 Å². The molecule has 2 saturated heterocycles. The SMILES string of the molecule is COCOc1cc(COC2CCCCO2)cc2nc(OC)c(-c3cccc(C(=O)NCCN4CCC(OC(C)=O)CC4)c3SCc3ccccc3)nc12. The molecule has 53 heavy (non-hydrogen) atoms. The number of benzene rings is 3. The highest BCUT2D eigenvalue weighted by atomic mass is 32.2. The van der Waals surface area contributed by atoms with Crippen LogP contribution in [0.25, 0.3) is 22.3 Å². The maximum atomic E-state index is 13.9. The average Bonchev–Trinajstić information content (AvgIpc) is 3.19. The Morgan fingerprint density at radius 1 is 0.981 bits per heavy atom. The van der Waals surface area contributed by atoms with Crippen LogP contribution in [-0.2, 0) is 36.1 Å². The molecule has 1 unspecified atom stereocenters. The number of hydrogen-bond donors (Lipinski definition) is 1. The summed E-state index contributed by atoms with van der Waals surface area (Å²) in [6, 6.07) is 19.6. The lowest BCUT2D eigenvalue weighted by molar-refractivity contribution is -0.168. The second-order valence-electron chi connectivity index (χ2n) is 13.1. The van der Waals surface area contributed by atoms with Crippen LogP contribution in [0.15, 0.2) is 65.6 Å². The van der Waals surface area contributed by atoms with Crippen LogP contribution in [-0.4, -0.2) is 92.9 Å². The summed E-state index contributed by atoms with van der Waals surface area (Å²) in [5, 5.41) is 3.14. The molecule has 3 aromatic carbocycles. The monoisotopic (exact) mass is 744 g/mol. The van der Waals surface area contributed by atoms with Gasteiger partial charge < -0.3 is 38.6 Å². The van der Waals surface area contributed by atoms with Crippen LogP contribution in [0.1, 0.15) is 60.5 Å². The summed E-state index contributed by atoms with van der Waals surface area (Å²) in [5.74, 6) is 1.02. The fourth-order valence-electron chi connectivity index (χ4n) is 6.53. The minimum absolute atomic E-state index is 0.0201. The standard InChI is InChI=1S/C40H48N4O8S/c1-27(45)52-30-15-18-44(19-16-30)20-17-41-39(46)32-13-9-12-31(38(32)53-25-28-10-5-4-6-11-28)36-40(48-3)42-33-22-29(24-50-35-14-7-8-21-49-35)23-34(37(33)43-36)51-26-47-2/h4-6,9-13,22-23,30,35H,7-8,14-21,24-26H2,1-3H3,(H,41,46). The minimum atomic E-state index is -0.244. The predicted molar refractivity (Wildman–Crippen MR) is 202 cm³/mol. The molecule has 1 aromatic heterocycles. The van der Waals surface area contributed by atoms with Gasteiger partial charge in [-0.25, -0.2) is 9.97 Å². The molecule has 0 saturated carbocycles. The highest BCUT2D eigenvalue weighted by molar-refractivity contribution is 7.98. The molecule has 13 heteroatoms. The molecule has 2 fully saturated rings. The summed E-state index contributed by atoms with van der Waals surface area (Å²) < 4.78 is 34.4. The quantitative estimate of drug-likeness (QED) is 0.0776. The zero-order valence-electron chi connectivity index (χ0n) is 30.6. The molecule has 1 N–H and O–H groups in total. The van der Waals surface area contributed by atoms with E-state index in [4.69, 9.17) is 38.4 Å². The first-order valence-electron chi connectivity index (χ1n) is 18.1. The number of likely N-dealkylation sites (tertiary alicyclic amines) is 1. The Bertz CT molecular complexity index is 1830. The first-order valence-corrected chi connectivity index (χ1v) is 19.1. The highest BCUT2D eigenvalue weighted by Crippen LogP contribution is 2.40. The number of carbonyl (C=O) groups excluding carboxylic acids is 2. The molecule has 0 spiro atoms. The third-order valence-corrected chi connectivity index (χ3v) is 10.4. The molecular formula is C40H48N4O8S. The molecule has 282 valence electrons. The summed E-state index contributed by atoms with van der Waals surface area (Å²) in [4.78, 5) is 38.3. The van der Waals surface area contributed by atoms with Crippen molar-refractivity contribution in [2.75, 3.05) is 53.8 Å². The van der Waals surface area contributed by atoms with Gasteiger partial charge in [0.1, 0.15) is 17.3 Å². The van der Waals surface area contributed by atoms with Crippen LogP contribution in [0, 0.1) is 0 Å². The Balaban J connectivity index is 1.29. The van der Waals surface area contributed by atoms with Crippen molar-refractivity contribution < 1.29 is 38.0 Å². The van der Waals surface area contributed by atoms with E-state index in [1.807, 2.05) is 48.5 Å². The summed E-state index contributed by atoms with van der Waals surface area (Å²) in [6.45, 7) is 5.27. The van der Waals surface area contributed by atoms with Crippen molar-refractivity contribution in [3.8, 4) is 22.9 Å². The normalized spacial score (nSPS) is 16.7. The van der Waals surface area contributed by atoms with E-state index in [0.717, 1.165) is 66.8 Å². The Kier molecular flexibility index (Phi) is 13.9. The summed E-state index contributed by atoms with van der Waals surface area (Å²) in [6.07, 6.45) is 4.26. The van der Waals surface area contributed by atoms with Gasteiger partial charge in [0.05, 0.1) is 24.8 Å². The van der Waals surface area contributed by atoms with Gasteiger partial charge in [-0.05, 0) is 61.4 Å². The van der Waals surface area contributed by atoms with E-state index in [1.165, 1.54) is 6.92 Å². The smallest absolute Gasteiger partial charge is 0.302 e. The van der Waals surface area contributed by atoms with Gasteiger partial charge in [0.15, 0.2) is 18.8 Å². The number of hydrogen-bond acceptors (Lipinski definition) is 12. The summed E-state index contributed by atoms with van der Waals surface area (Å²) in [7, 11) is 3.13. The van der Waals surface area contributed by atoms with Gasteiger partial charge in [0, 0.05) is 63.0 Å². The fourth-order valence-corrected chi connectivity index (χ4v) is 7.67. The number of amides is 1. The molecule has 0 bridgehead atoms. The van der Waals surface area contributed by atoms with Crippen molar-refractivity contribution in [3.05, 3.63) is 77.4 Å². The van der Waals surface area contributed by atoms with Crippen LogP contribution < -0.4 is 14.8 Å². The molecule has 12 nitrogen and oxygen atoms in total. The van der Waals surface area contributed by atoms with Crippen molar-refractivity contribution in [3.63, 3.8) is 0 Å². The van der Waals surface area contributed by atoms with E-state index in [2.05, 4.69) is 22.3 Å². The van der Waals surface area contributed by atoms with Crippen molar-refractivity contribution in [1.82, 2.24) is 20.2 Å². The van der Waals surface area contributed by atoms with Crippen molar-refractivity contribution in [1.29, 1.82) is 0 Å². The lowest BCUT2D eigenvalue weighted by atomic mass is 10.1. The van der Waals surface area contributed by atoms with Gasteiger partial charge in [-0.1, -0.05) is 42.5 Å². The maximum Gasteiger partial charge on any atom is 0.302 e. The third kappa shape index (κ3) is 10.5. The van der Waals surface area contributed by atoms with Crippen LogP contribution >= 0.6 is 11.8 Å². The van der Waals surface area contributed by atoms with Gasteiger partial charge in [0.25, 0.3) is 5.91 Å². The number of esters is 1. The van der Waals surface area contributed by atoms with Crippen molar-refractivity contribution in [2.45, 2.75) is 68.7 Å². The second-order valence-corrected chi connectivity index (χ2v) is 14.0. The first-order chi connectivity index (χ1) is 25.9. The number of piperidine rings is 1. The number of fused-ring (bicyclic) bond motifs is 1. The minimum Gasteiger partial charge on any atom is -0.479 e. The summed E-state index contributed by atoms with van der Waals surface area (Å²) in [5.41, 5.74) is 4.83. The highest BCUT2D eigenvalue weighted by Gasteiger charge is 2.24. The predicted octanol–water partition coefficient (Wildman–Crippen LogP) is 6.38. The fraction of sp³-hybridized carbons (Fsp3) is 0.450. The molecule has 6 rings (SSSR count). The van der Waals surface area contributed by atoms with Gasteiger partial charge in [-0.15, -0.1) is 11.8 Å². The number of nitrogens with zero attached hydrogens (tertiary/aromatic N) is 3. The van der Waals surface area contributed by atoms with Gasteiger partial charge in [-0.3, -0.25) is 9.59 Å². The molecule has 3 heterocycles. The number of rotatable bonds is 16. The van der Waals surface area contributed by atoms with Crippen LogP contribution in [0.5, 0.6) is 11.6 Å². The summed E-state index contributed by atoms with van der Waals surface area (Å²) >= 11 is 1.57.